The molecule has 0 fully saturated rings. The lowest BCUT2D eigenvalue weighted by atomic mass is 10.1. The molecule has 0 bridgehead atoms. The van der Waals surface area contributed by atoms with Gasteiger partial charge in [0, 0.05) is 24.8 Å². The third-order valence-corrected chi connectivity index (χ3v) is 3.19. The molecule has 2 amide bonds. The number of alkyl halides is 3. The number of halogens is 3. The summed E-state index contributed by atoms with van der Waals surface area (Å²) in [7, 11) is 1.29. The Bertz CT molecular complexity index is 712. The topological polar surface area (TPSA) is 62.6 Å². The number of carbonyl (C=O) groups excluding carboxylic acids is 2. The van der Waals surface area contributed by atoms with Crippen molar-refractivity contribution < 1.29 is 27.2 Å². The SMILES string of the molecule is CN(CCC(F)(F)F)C(=O)c1cccc(NC(=O)c2ccco2)c1. The Kier molecular flexibility index (Phi) is 5.28. The molecule has 1 N–H and O–H groups in total. The third kappa shape index (κ3) is 4.87. The molecule has 128 valence electrons. The molecule has 1 heterocycles. The van der Waals surface area contributed by atoms with Gasteiger partial charge in [-0.3, -0.25) is 9.59 Å². The van der Waals surface area contributed by atoms with Gasteiger partial charge in [-0.2, -0.15) is 13.2 Å². The van der Waals surface area contributed by atoms with Gasteiger partial charge in [-0.1, -0.05) is 6.07 Å². The summed E-state index contributed by atoms with van der Waals surface area (Å²) >= 11 is 0. The fourth-order valence-electron chi connectivity index (χ4n) is 1.95. The molecule has 24 heavy (non-hydrogen) atoms. The quantitative estimate of drug-likeness (QED) is 0.905. The van der Waals surface area contributed by atoms with E-state index in [0.717, 1.165) is 4.90 Å². The molecular formula is C16H15F3N2O3. The average Bonchev–Trinajstić information content (AvgIpc) is 3.06. The van der Waals surface area contributed by atoms with E-state index in [4.69, 9.17) is 4.42 Å². The lowest BCUT2D eigenvalue weighted by Crippen LogP contribution is -2.30. The molecule has 0 aliphatic carbocycles. The van der Waals surface area contributed by atoms with E-state index in [1.54, 1.807) is 12.1 Å². The van der Waals surface area contributed by atoms with Crippen LogP contribution in [0.25, 0.3) is 0 Å². The summed E-state index contributed by atoms with van der Waals surface area (Å²) in [6, 6.07) is 9.00. The number of rotatable bonds is 5. The number of carbonyl (C=O) groups is 2. The van der Waals surface area contributed by atoms with Gasteiger partial charge in [-0.05, 0) is 30.3 Å². The van der Waals surface area contributed by atoms with Crippen molar-refractivity contribution in [1.82, 2.24) is 4.90 Å². The highest BCUT2D eigenvalue weighted by Crippen LogP contribution is 2.20. The highest BCUT2D eigenvalue weighted by Gasteiger charge is 2.28. The van der Waals surface area contributed by atoms with Crippen molar-refractivity contribution in [2.75, 3.05) is 18.9 Å². The summed E-state index contributed by atoms with van der Waals surface area (Å²) in [6.45, 7) is -0.439. The minimum Gasteiger partial charge on any atom is -0.459 e. The molecule has 2 aromatic rings. The van der Waals surface area contributed by atoms with Gasteiger partial charge in [0.1, 0.15) is 0 Å². The maximum absolute atomic E-state index is 12.2. The van der Waals surface area contributed by atoms with Crippen LogP contribution in [0.5, 0.6) is 0 Å². The van der Waals surface area contributed by atoms with Crippen LogP contribution < -0.4 is 5.32 Å². The second-order valence-corrected chi connectivity index (χ2v) is 5.10. The van der Waals surface area contributed by atoms with E-state index in [-0.39, 0.29) is 11.3 Å². The Labute approximate surface area is 136 Å². The Morgan fingerprint density at radius 2 is 1.96 bits per heavy atom. The molecule has 0 aliphatic rings. The molecule has 0 saturated carbocycles. The maximum atomic E-state index is 12.2. The molecule has 0 unspecified atom stereocenters. The highest BCUT2D eigenvalue weighted by atomic mass is 19.4. The van der Waals surface area contributed by atoms with Crippen LogP contribution in [-0.2, 0) is 0 Å². The van der Waals surface area contributed by atoms with Crippen LogP contribution in [0.2, 0.25) is 0 Å². The van der Waals surface area contributed by atoms with Gasteiger partial charge in [-0.15, -0.1) is 0 Å². The van der Waals surface area contributed by atoms with Gasteiger partial charge in [0.15, 0.2) is 5.76 Å². The van der Waals surface area contributed by atoms with Crippen LogP contribution >= 0.6 is 0 Å². The zero-order valence-electron chi connectivity index (χ0n) is 12.8. The van der Waals surface area contributed by atoms with Crippen LogP contribution in [0.3, 0.4) is 0 Å². The predicted octanol–water partition coefficient (Wildman–Crippen LogP) is 3.56. The maximum Gasteiger partial charge on any atom is 0.390 e. The zero-order chi connectivity index (χ0) is 17.7. The van der Waals surface area contributed by atoms with Crippen molar-refractivity contribution in [1.29, 1.82) is 0 Å². The average molecular weight is 340 g/mol. The number of furan rings is 1. The molecule has 1 aromatic carbocycles. The van der Waals surface area contributed by atoms with Crippen LogP contribution in [0.15, 0.2) is 47.1 Å². The third-order valence-electron chi connectivity index (χ3n) is 3.19. The Morgan fingerprint density at radius 1 is 1.21 bits per heavy atom. The van der Waals surface area contributed by atoms with Crippen LogP contribution in [0.1, 0.15) is 27.3 Å². The Hall–Kier alpha value is -2.77. The van der Waals surface area contributed by atoms with E-state index in [1.165, 1.54) is 37.6 Å². The summed E-state index contributed by atoms with van der Waals surface area (Å²) in [4.78, 5) is 25.0. The molecule has 0 saturated heterocycles. The van der Waals surface area contributed by atoms with E-state index >= 15 is 0 Å². The first-order chi connectivity index (χ1) is 11.3. The largest absolute Gasteiger partial charge is 0.459 e. The van der Waals surface area contributed by atoms with Crippen molar-refractivity contribution >= 4 is 17.5 Å². The van der Waals surface area contributed by atoms with Gasteiger partial charge in [0.2, 0.25) is 0 Å². The first kappa shape index (κ1) is 17.6. The summed E-state index contributed by atoms with van der Waals surface area (Å²) in [5, 5.41) is 2.55. The summed E-state index contributed by atoms with van der Waals surface area (Å²) in [5.41, 5.74) is 0.517. The summed E-state index contributed by atoms with van der Waals surface area (Å²) < 4.78 is 41.6. The number of anilines is 1. The van der Waals surface area contributed by atoms with Crippen molar-refractivity contribution in [2.45, 2.75) is 12.6 Å². The number of amides is 2. The van der Waals surface area contributed by atoms with Gasteiger partial charge < -0.3 is 14.6 Å². The normalized spacial score (nSPS) is 11.2. The van der Waals surface area contributed by atoms with E-state index < -0.39 is 31.0 Å². The number of benzene rings is 1. The van der Waals surface area contributed by atoms with Crippen molar-refractivity contribution in [3.05, 3.63) is 54.0 Å². The second kappa shape index (κ2) is 7.20. The number of hydrogen-bond donors (Lipinski definition) is 1. The Balaban J connectivity index is 2.03. The van der Waals surface area contributed by atoms with E-state index in [2.05, 4.69) is 5.32 Å². The minimum atomic E-state index is -4.33. The van der Waals surface area contributed by atoms with E-state index in [1.807, 2.05) is 0 Å². The molecule has 2 rings (SSSR count). The number of nitrogens with one attached hydrogen (secondary N) is 1. The number of nitrogens with zero attached hydrogens (tertiary/aromatic N) is 1. The lowest BCUT2D eigenvalue weighted by Gasteiger charge is -2.18. The van der Waals surface area contributed by atoms with Crippen LogP contribution in [-0.4, -0.2) is 36.5 Å². The molecule has 0 spiro atoms. The first-order valence-electron chi connectivity index (χ1n) is 7.03. The van der Waals surface area contributed by atoms with Crippen molar-refractivity contribution in [3.63, 3.8) is 0 Å². The molecular weight excluding hydrogens is 325 g/mol. The van der Waals surface area contributed by atoms with Crippen LogP contribution in [0, 0.1) is 0 Å². The molecule has 5 nitrogen and oxygen atoms in total. The minimum absolute atomic E-state index is 0.106. The van der Waals surface area contributed by atoms with E-state index in [0.29, 0.717) is 5.69 Å². The lowest BCUT2D eigenvalue weighted by molar-refractivity contribution is -0.136. The molecule has 0 radical (unpaired) electrons. The summed E-state index contributed by atoms with van der Waals surface area (Å²) in [5.74, 6) is -0.947. The van der Waals surface area contributed by atoms with Gasteiger partial charge in [0.05, 0.1) is 12.7 Å². The second-order valence-electron chi connectivity index (χ2n) is 5.10. The molecule has 8 heteroatoms. The van der Waals surface area contributed by atoms with Gasteiger partial charge in [0.25, 0.3) is 11.8 Å². The fourth-order valence-corrected chi connectivity index (χ4v) is 1.95. The van der Waals surface area contributed by atoms with Gasteiger partial charge >= 0.3 is 6.18 Å². The van der Waals surface area contributed by atoms with Gasteiger partial charge in [-0.25, -0.2) is 0 Å². The van der Waals surface area contributed by atoms with Crippen molar-refractivity contribution in [3.8, 4) is 0 Å². The molecule has 1 aromatic heterocycles. The fraction of sp³-hybridized carbons (Fsp3) is 0.250. The van der Waals surface area contributed by atoms with Crippen LogP contribution in [0.4, 0.5) is 18.9 Å². The predicted molar refractivity (Wildman–Crippen MR) is 80.7 cm³/mol. The molecule has 0 aliphatic heterocycles. The molecule has 0 atom stereocenters. The first-order valence-corrected chi connectivity index (χ1v) is 7.03. The zero-order valence-corrected chi connectivity index (χ0v) is 12.8. The van der Waals surface area contributed by atoms with Crippen molar-refractivity contribution in [2.24, 2.45) is 0 Å². The highest BCUT2D eigenvalue weighted by molar-refractivity contribution is 6.03. The smallest absolute Gasteiger partial charge is 0.390 e. The monoisotopic (exact) mass is 340 g/mol. The summed E-state index contributed by atoms with van der Waals surface area (Å²) in [6.07, 6.45) is -4.05. The Morgan fingerprint density at radius 3 is 2.58 bits per heavy atom. The standard InChI is InChI=1S/C16H15F3N2O3/c1-21(8-7-16(17,18)19)15(23)11-4-2-5-12(10-11)20-14(22)13-6-3-9-24-13/h2-6,9-10H,7-8H2,1H3,(H,20,22). The van der Waals surface area contributed by atoms with E-state index in [9.17, 15) is 22.8 Å². The number of hydrogen-bond acceptors (Lipinski definition) is 3.